The zero-order chi connectivity index (χ0) is 57.2. The quantitative estimate of drug-likeness (QED) is 0.122. The molecule has 87 heavy (non-hydrogen) atoms. The van der Waals surface area contributed by atoms with Crippen molar-refractivity contribution < 1.29 is 0 Å². The van der Waals surface area contributed by atoms with Crippen molar-refractivity contribution >= 4 is 129 Å². The van der Waals surface area contributed by atoms with Gasteiger partial charge < -0.3 is 0 Å². The molecule has 0 aromatic heterocycles. The van der Waals surface area contributed by atoms with Crippen LogP contribution in [0, 0.1) is 0 Å². The first-order valence-electron chi connectivity index (χ1n) is 30.6. The summed E-state index contributed by atoms with van der Waals surface area (Å²) in [6.07, 6.45) is 0. The summed E-state index contributed by atoms with van der Waals surface area (Å²) in [6.45, 7) is 4.91. The summed E-state index contributed by atoms with van der Waals surface area (Å²) in [5.74, 6) is 0. The molecule has 0 fully saturated rings. The number of rotatable bonds is 4. The maximum absolute atomic E-state index is 2.57. The van der Waals surface area contributed by atoms with Crippen LogP contribution >= 0.6 is 0 Å². The largest absolute Gasteiger partial charge is 0.0616 e. The van der Waals surface area contributed by atoms with Crippen LogP contribution in [0.15, 0.2) is 291 Å². The van der Waals surface area contributed by atoms with Crippen LogP contribution in [0.4, 0.5) is 0 Å². The molecule has 19 rings (SSSR count). The van der Waals surface area contributed by atoms with Crippen molar-refractivity contribution in [1.82, 2.24) is 0 Å². The van der Waals surface area contributed by atoms with Crippen LogP contribution in [0.5, 0.6) is 0 Å². The lowest BCUT2D eigenvalue weighted by molar-refractivity contribution is 0.662. The van der Waals surface area contributed by atoms with Gasteiger partial charge in [0.2, 0.25) is 0 Å². The topological polar surface area (TPSA) is 0 Å². The van der Waals surface area contributed by atoms with E-state index in [0.717, 1.165) is 0 Å². The van der Waals surface area contributed by atoms with E-state index in [4.69, 9.17) is 0 Å². The van der Waals surface area contributed by atoms with Gasteiger partial charge in [0.1, 0.15) is 0 Å². The molecule has 0 nitrogen and oxygen atoms in total. The summed E-state index contributed by atoms with van der Waals surface area (Å²) in [4.78, 5) is 0. The van der Waals surface area contributed by atoms with Crippen molar-refractivity contribution in [3.8, 4) is 55.6 Å². The van der Waals surface area contributed by atoms with Crippen molar-refractivity contribution in [3.63, 3.8) is 0 Å². The van der Waals surface area contributed by atoms with E-state index in [9.17, 15) is 0 Å². The van der Waals surface area contributed by atoms with Gasteiger partial charge in [0.05, 0.1) is 0 Å². The van der Waals surface area contributed by atoms with Gasteiger partial charge in [-0.2, -0.15) is 0 Å². The van der Waals surface area contributed by atoms with Crippen molar-refractivity contribution in [2.75, 3.05) is 0 Å². The minimum absolute atomic E-state index is 0.268. The molecule has 0 unspecified atom stereocenters. The third-order valence-electron chi connectivity index (χ3n) is 20.1. The zero-order valence-electron chi connectivity index (χ0n) is 48.2. The van der Waals surface area contributed by atoms with Crippen molar-refractivity contribution in [2.24, 2.45) is 0 Å². The Morgan fingerprint density at radius 1 is 0.172 bits per heavy atom. The fourth-order valence-corrected chi connectivity index (χ4v) is 16.3. The minimum atomic E-state index is -0.268. The lowest BCUT2D eigenvalue weighted by Gasteiger charge is -2.23. The van der Waals surface area contributed by atoms with Crippen LogP contribution in [0.1, 0.15) is 25.0 Å². The van der Waals surface area contributed by atoms with Crippen LogP contribution in [0.3, 0.4) is 0 Å². The predicted octanol–water partition coefficient (Wildman–Crippen LogP) is 24.5. The molecule has 18 aromatic rings. The van der Waals surface area contributed by atoms with E-state index in [-0.39, 0.29) is 5.41 Å². The minimum Gasteiger partial charge on any atom is -0.0616 e. The molecule has 0 radical (unpaired) electrons. The fourth-order valence-electron chi connectivity index (χ4n) is 16.3. The second-order valence-corrected chi connectivity index (χ2v) is 24.9. The van der Waals surface area contributed by atoms with E-state index in [0.29, 0.717) is 0 Å². The van der Waals surface area contributed by atoms with Gasteiger partial charge >= 0.3 is 0 Å². The van der Waals surface area contributed by atoms with Gasteiger partial charge in [-0.3, -0.25) is 0 Å². The molecule has 0 saturated carbocycles. The van der Waals surface area contributed by atoms with Gasteiger partial charge in [-0.05, 0) is 232 Å². The van der Waals surface area contributed by atoms with Gasteiger partial charge in [-0.25, -0.2) is 0 Å². The van der Waals surface area contributed by atoms with Crippen molar-refractivity contribution in [3.05, 3.63) is 302 Å². The maximum Gasteiger partial charge on any atom is 0.0159 e. The highest BCUT2D eigenvalue weighted by Crippen LogP contribution is 2.55. The monoisotopic (exact) mass is 1100 g/mol. The molecule has 1 aliphatic rings. The molecular weight excluding hydrogens is 1040 g/mol. The van der Waals surface area contributed by atoms with E-state index in [1.807, 2.05) is 0 Å². The van der Waals surface area contributed by atoms with Gasteiger partial charge in [0.15, 0.2) is 0 Å². The molecule has 0 spiro atoms. The molecule has 402 valence electrons. The molecular formula is C87H54. The first-order chi connectivity index (χ1) is 42.9. The molecule has 0 N–H and O–H groups in total. The number of benzene rings is 18. The summed E-state index contributed by atoms with van der Waals surface area (Å²) in [5.41, 5.74) is 15.3. The lowest BCUT2D eigenvalue weighted by Crippen LogP contribution is -2.15. The smallest absolute Gasteiger partial charge is 0.0159 e. The van der Waals surface area contributed by atoms with E-state index in [2.05, 4.69) is 305 Å². The Kier molecular flexibility index (Phi) is 10.1. The normalized spacial score (nSPS) is 13.0. The molecule has 0 bridgehead atoms. The molecule has 0 heteroatoms. The average molecular weight is 1100 g/mol. The van der Waals surface area contributed by atoms with E-state index in [1.165, 1.54) is 196 Å². The van der Waals surface area contributed by atoms with Crippen LogP contribution in [0.2, 0.25) is 0 Å². The standard InChI is InChI=1S/C87H54/c1-87(2)81-49-77-61-43-41-53(83-65-31-11-15-35-69(65)85(70-36-16-12-32-66(70)83)63-39-19-23-51-21-3-5-25-55(51)63)45-73(61)57-27-7-9-29-59(57)75(77)47-79(81)80-48-76-60-30-10-8-28-58(60)74-46-54(42-44-62(74)78(76)50-82(80)87)84-67-33-13-17-37-71(67)86(72-38-18-14-34-68(72)84)64-40-20-24-52-22-4-6-26-56(52)64/h3-50H,1-2H3. The summed E-state index contributed by atoms with van der Waals surface area (Å²) >= 11 is 0. The lowest BCUT2D eigenvalue weighted by atomic mass is 9.80. The Morgan fingerprint density at radius 3 is 0.770 bits per heavy atom. The summed E-state index contributed by atoms with van der Waals surface area (Å²) in [5, 5.41) is 30.6. The predicted molar refractivity (Wildman–Crippen MR) is 376 cm³/mol. The SMILES string of the molecule is CC1(C)c2cc3c4ccc(-c5c6ccccc6c(-c6cccc7ccccc67)c6ccccc56)cc4c4ccccc4c3cc2-c2cc3c4ccccc4c4cc(-c5c6ccccc6c(-c6cccc7ccccc67)c6ccccc56)ccc4c3cc21. The number of fused-ring (bicyclic) bond motifs is 21. The van der Waals surface area contributed by atoms with Crippen molar-refractivity contribution in [1.29, 1.82) is 0 Å². The summed E-state index contributed by atoms with van der Waals surface area (Å²) in [7, 11) is 0. The van der Waals surface area contributed by atoms with Gasteiger partial charge in [0, 0.05) is 5.41 Å². The molecule has 0 heterocycles. The summed E-state index contributed by atoms with van der Waals surface area (Å²) < 4.78 is 0. The highest BCUT2D eigenvalue weighted by molar-refractivity contribution is 6.31. The Hall–Kier alpha value is -10.9. The third kappa shape index (κ3) is 6.79. The Labute approximate surface area is 503 Å². The number of hydrogen-bond donors (Lipinski definition) is 0. The van der Waals surface area contributed by atoms with E-state index >= 15 is 0 Å². The molecule has 0 amide bonds. The van der Waals surface area contributed by atoms with Crippen molar-refractivity contribution in [2.45, 2.75) is 19.3 Å². The van der Waals surface area contributed by atoms with Crippen LogP contribution in [-0.2, 0) is 5.41 Å². The molecule has 0 saturated heterocycles. The number of hydrogen-bond acceptors (Lipinski definition) is 0. The molecule has 1 aliphatic carbocycles. The Morgan fingerprint density at radius 2 is 0.425 bits per heavy atom. The molecule has 18 aromatic carbocycles. The molecule has 0 aliphatic heterocycles. The second-order valence-electron chi connectivity index (χ2n) is 24.9. The van der Waals surface area contributed by atoms with E-state index in [1.54, 1.807) is 0 Å². The van der Waals surface area contributed by atoms with Crippen LogP contribution < -0.4 is 0 Å². The Balaban J connectivity index is 0.795. The van der Waals surface area contributed by atoms with Gasteiger partial charge in [0.25, 0.3) is 0 Å². The first-order valence-corrected chi connectivity index (χ1v) is 30.6. The van der Waals surface area contributed by atoms with Crippen LogP contribution in [-0.4, -0.2) is 0 Å². The zero-order valence-corrected chi connectivity index (χ0v) is 48.2. The average Bonchev–Trinajstić information content (AvgIpc) is 1.91. The van der Waals surface area contributed by atoms with Gasteiger partial charge in [-0.1, -0.05) is 269 Å². The Bertz CT molecular complexity index is 5590. The first kappa shape index (κ1) is 48.5. The van der Waals surface area contributed by atoms with Crippen LogP contribution in [0.25, 0.3) is 185 Å². The maximum atomic E-state index is 2.57. The summed E-state index contributed by atoms with van der Waals surface area (Å²) in [6, 6.07) is 110. The third-order valence-corrected chi connectivity index (χ3v) is 20.1. The fraction of sp³-hybridized carbons (Fsp3) is 0.0345. The van der Waals surface area contributed by atoms with Gasteiger partial charge in [-0.15, -0.1) is 0 Å². The van der Waals surface area contributed by atoms with E-state index < -0.39 is 0 Å². The molecule has 0 atom stereocenters. The highest BCUT2D eigenvalue weighted by Gasteiger charge is 2.37. The highest BCUT2D eigenvalue weighted by atomic mass is 14.4. The second kappa shape index (κ2) is 18.1.